The molecular formula is C28H36ClN3O11. The van der Waals surface area contributed by atoms with E-state index in [2.05, 4.69) is 5.32 Å². The van der Waals surface area contributed by atoms with Crippen molar-refractivity contribution in [3.8, 4) is 0 Å². The normalized spacial score (nSPS) is 35.5. The van der Waals surface area contributed by atoms with Crippen LogP contribution < -0.4 is 5.32 Å². The third kappa shape index (κ3) is 6.61. The molecule has 3 heterocycles. The van der Waals surface area contributed by atoms with Crippen LogP contribution in [0.2, 0.25) is 5.02 Å². The van der Waals surface area contributed by atoms with E-state index in [0.717, 1.165) is 11.1 Å². The first-order valence-corrected chi connectivity index (χ1v) is 13.9. The Morgan fingerprint density at radius 2 is 1.60 bits per heavy atom. The van der Waals surface area contributed by atoms with E-state index in [9.17, 15) is 35.7 Å². The van der Waals surface area contributed by atoms with Crippen LogP contribution in [0.3, 0.4) is 0 Å². The average molecular weight is 626 g/mol. The van der Waals surface area contributed by atoms with Gasteiger partial charge in [-0.15, -0.1) is 0 Å². The van der Waals surface area contributed by atoms with Crippen LogP contribution in [0.15, 0.2) is 53.5 Å². The summed E-state index contributed by atoms with van der Waals surface area (Å²) >= 11 is 6.31. The van der Waals surface area contributed by atoms with Gasteiger partial charge in [-0.25, -0.2) is 9.89 Å². The lowest BCUT2D eigenvalue weighted by Crippen LogP contribution is -2.66. The molecule has 0 aromatic heterocycles. The summed E-state index contributed by atoms with van der Waals surface area (Å²) in [7, 11) is 1.63. The SMILES string of the molecule is C[N+](=C1CN=C(c2ccccc2)c2cc(Cl)ccc2N1)C1OC(CO)C(OC2OC(CO)C(O)C(O)C2O)C(O)C1O.[OH-]. The fourth-order valence-electron chi connectivity index (χ4n) is 5.34. The zero-order valence-electron chi connectivity index (χ0n) is 23.1. The van der Waals surface area contributed by atoms with E-state index in [1.807, 2.05) is 36.4 Å². The molecule has 43 heavy (non-hydrogen) atoms. The highest BCUT2D eigenvalue weighted by Crippen LogP contribution is 2.30. The van der Waals surface area contributed by atoms with Crippen molar-refractivity contribution in [3.63, 3.8) is 0 Å². The molecule has 5 rings (SSSR count). The number of hydrogen-bond acceptors (Lipinski definition) is 12. The first kappa shape index (κ1) is 33.3. The van der Waals surface area contributed by atoms with Crippen molar-refractivity contribution in [3.05, 3.63) is 64.7 Å². The van der Waals surface area contributed by atoms with Crippen molar-refractivity contribution in [1.29, 1.82) is 0 Å². The average Bonchev–Trinajstić information content (AvgIpc) is 3.19. The van der Waals surface area contributed by atoms with Crippen LogP contribution in [0.4, 0.5) is 5.69 Å². The molecule has 2 saturated heterocycles. The molecule has 2 fully saturated rings. The number of aliphatic hydroxyl groups excluding tert-OH is 7. The summed E-state index contributed by atoms with van der Waals surface area (Å²) in [5, 5.41) is 76.2. The molecule has 14 nitrogen and oxygen atoms in total. The Bertz CT molecular complexity index is 1310. The van der Waals surface area contributed by atoms with Gasteiger partial charge in [-0.3, -0.25) is 4.99 Å². The maximum absolute atomic E-state index is 11.1. The number of rotatable bonds is 6. The molecule has 0 radical (unpaired) electrons. The summed E-state index contributed by atoms with van der Waals surface area (Å²) in [4.78, 5) is 4.82. The number of anilines is 1. The molecule has 0 bridgehead atoms. The molecule has 3 aliphatic heterocycles. The standard InChI is InChI=1S/C28H34ClN3O10.H2O/c1-32(19-10-30-20(13-5-3-2-4-6-13)15-9-14(29)7-8-16(15)31-19)27-24(38)23(37)26(18(12-34)40-27)42-28-25(39)22(36)21(35)17(11-33)41-28;/h2-9,17-18,21-28,33-39H,10-12H2,1H3;1H2. The van der Waals surface area contributed by atoms with Gasteiger partial charge < -0.3 is 55.4 Å². The van der Waals surface area contributed by atoms with E-state index in [0.29, 0.717) is 22.3 Å². The number of benzodiazepines with no additional fused rings is 1. The number of aliphatic hydroxyl groups is 7. The van der Waals surface area contributed by atoms with Crippen LogP contribution in [0.25, 0.3) is 0 Å². The first-order valence-electron chi connectivity index (χ1n) is 13.5. The minimum Gasteiger partial charge on any atom is -0.870 e. The molecule has 0 spiro atoms. The molecule has 0 saturated carbocycles. The minimum absolute atomic E-state index is 0. The second-order valence-electron chi connectivity index (χ2n) is 10.4. The monoisotopic (exact) mass is 625 g/mol. The van der Waals surface area contributed by atoms with E-state index in [-0.39, 0.29) is 12.0 Å². The Labute approximate surface area is 252 Å². The lowest BCUT2D eigenvalue weighted by atomic mass is 9.96. The molecule has 15 heteroatoms. The summed E-state index contributed by atoms with van der Waals surface area (Å²) in [5.41, 5.74) is 3.05. The molecule has 0 amide bonds. The number of amidine groups is 1. The van der Waals surface area contributed by atoms with Crippen LogP contribution in [0, 0.1) is 0 Å². The minimum atomic E-state index is -1.75. The van der Waals surface area contributed by atoms with Gasteiger partial charge in [0, 0.05) is 16.1 Å². The van der Waals surface area contributed by atoms with Gasteiger partial charge in [-0.1, -0.05) is 41.9 Å². The van der Waals surface area contributed by atoms with Crippen molar-refractivity contribution in [2.75, 3.05) is 32.1 Å². The predicted molar refractivity (Wildman–Crippen MR) is 152 cm³/mol. The van der Waals surface area contributed by atoms with E-state index >= 15 is 0 Å². The Balaban J connectivity index is 0.00000423. The van der Waals surface area contributed by atoms with Gasteiger partial charge in [0.25, 0.3) is 5.84 Å². The van der Waals surface area contributed by atoms with Crippen molar-refractivity contribution in [2.45, 2.75) is 61.3 Å². The Kier molecular flexibility index (Phi) is 10.9. The zero-order valence-corrected chi connectivity index (χ0v) is 23.8. The molecule has 2 aromatic rings. The van der Waals surface area contributed by atoms with Crippen LogP contribution in [-0.4, -0.2) is 146 Å². The maximum Gasteiger partial charge on any atom is 0.273 e. The van der Waals surface area contributed by atoms with Gasteiger partial charge in [0.05, 0.1) is 26.0 Å². The van der Waals surface area contributed by atoms with Crippen LogP contribution in [0.1, 0.15) is 11.1 Å². The fraction of sp³-hybridized carbons (Fsp3) is 0.500. The van der Waals surface area contributed by atoms with Crippen molar-refractivity contribution >= 4 is 28.8 Å². The quantitative estimate of drug-likeness (QED) is 0.165. The second-order valence-corrected chi connectivity index (χ2v) is 10.9. The third-order valence-corrected chi connectivity index (χ3v) is 7.97. The summed E-state index contributed by atoms with van der Waals surface area (Å²) in [6.07, 6.45) is -14.9. The number of aliphatic imine (C=N–C) groups is 1. The molecule has 9 N–H and O–H groups in total. The van der Waals surface area contributed by atoms with Gasteiger partial charge in [0.15, 0.2) is 6.29 Å². The molecule has 236 valence electrons. The van der Waals surface area contributed by atoms with Crippen molar-refractivity contribution < 1.29 is 60.0 Å². The lowest BCUT2D eigenvalue weighted by Gasteiger charge is -2.45. The van der Waals surface area contributed by atoms with Crippen LogP contribution in [0.5, 0.6) is 0 Å². The number of nitrogens with zero attached hydrogens (tertiary/aromatic N) is 2. The van der Waals surface area contributed by atoms with E-state index in [1.54, 1.807) is 23.8 Å². The highest BCUT2D eigenvalue weighted by Gasteiger charge is 2.52. The summed E-state index contributed by atoms with van der Waals surface area (Å²) in [5.74, 6) is 0.519. The first-order chi connectivity index (χ1) is 20.1. The highest BCUT2D eigenvalue weighted by atomic mass is 35.5. The molecule has 10 atom stereocenters. The number of halogens is 1. The predicted octanol–water partition coefficient (Wildman–Crippen LogP) is -1.91. The van der Waals surface area contributed by atoms with Gasteiger partial charge in [-0.05, 0) is 18.2 Å². The van der Waals surface area contributed by atoms with Gasteiger partial charge in [0.2, 0.25) is 6.23 Å². The molecule has 2 aromatic carbocycles. The largest absolute Gasteiger partial charge is 0.870 e. The molecule has 0 aliphatic carbocycles. The fourth-order valence-corrected chi connectivity index (χ4v) is 5.51. The highest BCUT2D eigenvalue weighted by molar-refractivity contribution is 6.32. The Morgan fingerprint density at radius 1 is 0.907 bits per heavy atom. The Morgan fingerprint density at radius 3 is 2.28 bits per heavy atom. The van der Waals surface area contributed by atoms with E-state index in [1.165, 1.54) is 0 Å². The lowest BCUT2D eigenvalue weighted by molar-refractivity contribution is -0.617. The summed E-state index contributed by atoms with van der Waals surface area (Å²) < 4.78 is 18.6. The van der Waals surface area contributed by atoms with E-state index < -0.39 is 74.6 Å². The number of fused-ring (bicyclic) bond motifs is 1. The van der Waals surface area contributed by atoms with Gasteiger partial charge in [0.1, 0.15) is 61.1 Å². The summed E-state index contributed by atoms with van der Waals surface area (Å²) in [6.45, 7) is -1.18. The number of benzene rings is 2. The van der Waals surface area contributed by atoms with E-state index in [4.69, 9.17) is 30.8 Å². The smallest absolute Gasteiger partial charge is 0.273 e. The van der Waals surface area contributed by atoms with Crippen molar-refractivity contribution in [1.82, 2.24) is 0 Å². The van der Waals surface area contributed by atoms with Gasteiger partial charge >= 0.3 is 0 Å². The number of likely N-dealkylation sites (N-methyl/N-ethyl adjacent to an activating group) is 1. The summed E-state index contributed by atoms with van der Waals surface area (Å²) in [6, 6.07) is 14.9. The number of nitrogens with one attached hydrogen (secondary N) is 1. The Hall–Kier alpha value is -2.57. The number of hydrogen-bond donors (Lipinski definition) is 8. The molecular weight excluding hydrogens is 590 g/mol. The van der Waals surface area contributed by atoms with Crippen LogP contribution >= 0.6 is 11.6 Å². The zero-order chi connectivity index (χ0) is 30.1. The van der Waals surface area contributed by atoms with Crippen LogP contribution in [-0.2, 0) is 14.2 Å². The third-order valence-electron chi connectivity index (χ3n) is 7.74. The second kappa shape index (κ2) is 14.0. The molecule has 10 unspecified atom stereocenters. The van der Waals surface area contributed by atoms with Crippen molar-refractivity contribution in [2.24, 2.45) is 4.99 Å². The molecule has 3 aliphatic rings. The number of ether oxygens (including phenoxy) is 3. The topological polar surface area (TPSA) is 227 Å². The van der Waals surface area contributed by atoms with Gasteiger partial charge in [-0.2, -0.15) is 0 Å². The maximum atomic E-state index is 11.1.